The minimum atomic E-state index is -0.783. The van der Waals surface area contributed by atoms with E-state index in [1.165, 1.54) is 32.2 Å². The molecule has 0 saturated heterocycles. The minimum absolute atomic E-state index is 0.00489. The van der Waals surface area contributed by atoms with Crippen molar-refractivity contribution in [1.82, 2.24) is 0 Å². The largest absolute Gasteiger partial charge is 0.497 e. The van der Waals surface area contributed by atoms with Gasteiger partial charge in [-0.05, 0) is 59.8 Å². The summed E-state index contributed by atoms with van der Waals surface area (Å²) in [4.78, 5) is 24.8. The molecule has 0 aliphatic rings. The Bertz CT molecular complexity index is 843. The van der Waals surface area contributed by atoms with Crippen LogP contribution < -0.4 is 15.8 Å². The molecule has 0 aromatic heterocycles. The van der Waals surface area contributed by atoms with Crippen molar-refractivity contribution >= 4 is 51.6 Å². The van der Waals surface area contributed by atoms with E-state index in [9.17, 15) is 14.0 Å². The number of hydrogen-bond acceptors (Lipinski definition) is 4. The highest BCUT2D eigenvalue weighted by Crippen LogP contribution is 2.32. The number of hydrogen-bond donors (Lipinski definition) is 2. The number of nitrogens with two attached hydrogens (primary N) is 1. The molecular weight excluding hydrogens is 462 g/mol. The summed E-state index contributed by atoms with van der Waals surface area (Å²) in [6.45, 7) is 1.51. The Balaban J connectivity index is 2.59. The number of carbonyl (C=O) groups is 2. The molecule has 1 amide bonds. The third kappa shape index (κ3) is 4.28. The average Bonchev–Trinajstić information content (AvgIpc) is 2.58. The van der Waals surface area contributed by atoms with Crippen molar-refractivity contribution < 1.29 is 18.7 Å². The number of ketones is 1. The minimum Gasteiger partial charge on any atom is -0.497 e. The van der Waals surface area contributed by atoms with Gasteiger partial charge in [0.05, 0.1) is 35.0 Å². The van der Waals surface area contributed by atoms with E-state index in [2.05, 4.69) is 5.32 Å². The van der Waals surface area contributed by atoms with Crippen molar-refractivity contribution in [3.8, 4) is 5.75 Å². The highest BCUT2D eigenvalue weighted by Gasteiger charge is 2.24. The molecule has 1 atom stereocenters. The molecule has 0 aliphatic carbocycles. The summed E-state index contributed by atoms with van der Waals surface area (Å²) >= 11 is 8.22. The number of benzene rings is 2. The van der Waals surface area contributed by atoms with Crippen molar-refractivity contribution in [2.75, 3.05) is 12.4 Å². The van der Waals surface area contributed by atoms with Gasteiger partial charge in [-0.2, -0.15) is 0 Å². The first-order chi connectivity index (χ1) is 11.8. The molecule has 0 aliphatic heterocycles. The number of carbonyl (C=O) groups excluding carboxylic acids is 2. The van der Waals surface area contributed by atoms with Gasteiger partial charge in [-0.3, -0.25) is 9.59 Å². The van der Waals surface area contributed by atoms with Gasteiger partial charge >= 0.3 is 0 Å². The Morgan fingerprint density at radius 3 is 2.60 bits per heavy atom. The van der Waals surface area contributed by atoms with Crippen LogP contribution in [-0.2, 0) is 4.79 Å². The average molecular weight is 477 g/mol. The number of nitrogens with one attached hydrogen (secondary N) is 1. The second kappa shape index (κ2) is 8.11. The van der Waals surface area contributed by atoms with Gasteiger partial charge in [0.2, 0.25) is 5.91 Å². The summed E-state index contributed by atoms with van der Waals surface area (Å²) in [5.74, 6) is -1.55. The summed E-state index contributed by atoms with van der Waals surface area (Å²) in [6.07, 6.45) is 0. The van der Waals surface area contributed by atoms with Crippen molar-refractivity contribution in [1.29, 1.82) is 0 Å². The van der Waals surface area contributed by atoms with Crippen molar-refractivity contribution in [2.45, 2.75) is 13.0 Å². The van der Waals surface area contributed by atoms with Crippen LogP contribution in [0.5, 0.6) is 5.75 Å². The second-order valence-electron chi connectivity index (χ2n) is 5.24. The summed E-state index contributed by atoms with van der Waals surface area (Å²) in [6, 6.07) is 6.20. The SMILES string of the molecule is COc1ccc(F)c(C(=O)c2c(NC(=O)C(C)N)ccc(I)c2Cl)c1. The maximum Gasteiger partial charge on any atom is 0.241 e. The van der Waals surface area contributed by atoms with E-state index in [0.717, 1.165) is 6.07 Å². The van der Waals surface area contributed by atoms with Crippen LogP contribution in [0, 0.1) is 9.39 Å². The number of anilines is 1. The van der Waals surface area contributed by atoms with Gasteiger partial charge in [-0.25, -0.2) is 4.39 Å². The first-order valence-corrected chi connectivity index (χ1v) is 8.64. The van der Waals surface area contributed by atoms with E-state index in [4.69, 9.17) is 22.1 Å². The number of amides is 1. The Labute approximate surface area is 162 Å². The van der Waals surface area contributed by atoms with E-state index in [-0.39, 0.29) is 21.8 Å². The van der Waals surface area contributed by atoms with E-state index in [0.29, 0.717) is 9.32 Å². The Hall–Kier alpha value is -1.71. The smallest absolute Gasteiger partial charge is 0.241 e. The predicted octanol–water partition coefficient (Wildman–Crippen LogP) is 3.61. The van der Waals surface area contributed by atoms with Gasteiger partial charge in [0.25, 0.3) is 0 Å². The van der Waals surface area contributed by atoms with Gasteiger partial charge in [0.1, 0.15) is 11.6 Å². The molecule has 2 rings (SSSR count). The predicted molar refractivity (Wildman–Crippen MR) is 103 cm³/mol. The van der Waals surface area contributed by atoms with Crippen LogP contribution in [0.4, 0.5) is 10.1 Å². The molecule has 0 heterocycles. The molecule has 3 N–H and O–H groups in total. The van der Waals surface area contributed by atoms with Gasteiger partial charge < -0.3 is 15.8 Å². The van der Waals surface area contributed by atoms with Crippen molar-refractivity contribution in [3.05, 3.63) is 55.9 Å². The van der Waals surface area contributed by atoms with Crippen LogP contribution in [-0.4, -0.2) is 24.8 Å². The van der Waals surface area contributed by atoms with Gasteiger partial charge in [-0.1, -0.05) is 11.6 Å². The molecule has 0 bridgehead atoms. The lowest BCUT2D eigenvalue weighted by Crippen LogP contribution is -2.33. The highest BCUT2D eigenvalue weighted by atomic mass is 127. The summed E-state index contributed by atoms with van der Waals surface area (Å²) < 4.78 is 19.8. The molecule has 0 saturated carbocycles. The van der Waals surface area contributed by atoms with Crippen LogP contribution in [0.3, 0.4) is 0 Å². The van der Waals surface area contributed by atoms with Gasteiger partial charge in [-0.15, -0.1) is 0 Å². The lowest BCUT2D eigenvalue weighted by molar-refractivity contribution is -0.117. The molecule has 0 spiro atoms. The first kappa shape index (κ1) is 19.6. The first-order valence-electron chi connectivity index (χ1n) is 7.19. The summed E-state index contributed by atoms with van der Waals surface area (Å²) in [7, 11) is 1.41. The van der Waals surface area contributed by atoms with Crippen LogP contribution in [0.1, 0.15) is 22.8 Å². The van der Waals surface area contributed by atoms with Crippen LogP contribution in [0.15, 0.2) is 30.3 Å². The lowest BCUT2D eigenvalue weighted by atomic mass is 10.0. The van der Waals surface area contributed by atoms with E-state index < -0.39 is 23.5 Å². The third-order valence-electron chi connectivity index (χ3n) is 3.41. The van der Waals surface area contributed by atoms with E-state index >= 15 is 0 Å². The topological polar surface area (TPSA) is 81.4 Å². The number of methoxy groups -OCH3 is 1. The zero-order chi connectivity index (χ0) is 18.7. The Morgan fingerprint density at radius 1 is 1.32 bits per heavy atom. The number of rotatable bonds is 5. The monoisotopic (exact) mass is 476 g/mol. The van der Waals surface area contributed by atoms with Crippen LogP contribution in [0.2, 0.25) is 5.02 Å². The fourth-order valence-corrected chi connectivity index (χ4v) is 2.76. The fraction of sp³-hybridized carbons (Fsp3) is 0.176. The molecule has 2 aromatic carbocycles. The quantitative estimate of drug-likeness (QED) is 0.510. The molecule has 0 fully saturated rings. The van der Waals surface area contributed by atoms with E-state index in [1.54, 1.807) is 6.07 Å². The molecule has 25 heavy (non-hydrogen) atoms. The zero-order valence-corrected chi connectivity index (χ0v) is 16.3. The highest BCUT2D eigenvalue weighted by molar-refractivity contribution is 14.1. The molecule has 5 nitrogen and oxygen atoms in total. The summed E-state index contributed by atoms with van der Waals surface area (Å²) in [5, 5.41) is 2.67. The van der Waals surface area contributed by atoms with Crippen molar-refractivity contribution in [3.63, 3.8) is 0 Å². The maximum absolute atomic E-state index is 14.2. The molecule has 2 aromatic rings. The maximum atomic E-state index is 14.2. The van der Waals surface area contributed by atoms with Crippen LogP contribution >= 0.6 is 34.2 Å². The normalized spacial score (nSPS) is 11.8. The standard InChI is InChI=1S/C17H15ClFIN2O3/c1-8(21)17(24)22-13-6-5-12(20)15(18)14(13)16(23)10-7-9(25-2)3-4-11(10)19/h3-8H,21H2,1-2H3,(H,22,24). The lowest BCUT2D eigenvalue weighted by Gasteiger charge is -2.15. The number of ether oxygens (including phenoxy) is 1. The Kier molecular flexibility index (Phi) is 6.36. The third-order valence-corrected chi connectivity index (χ3v) is 5.02. The van der Waals surface area contributed by atoms with Crippen LogP contribution in [0.25, 0.3) is 0 Å². The molecular formula is C17H15ClFIN2O3. The summed E-state index contributed by atoms with van der Waals surface area (Å²) in [5.41, 5.74) is 5.50. The van der Waals surface area contributed by atoms with Gasteiger partial charge in [0.15, 0.2) is 5.78 Å². The second-order valence-corrected chi connectivity index (χ2v) is 6.78. The zero-order valence-electron chi connectivity index (χ0n) is 13.4. The Morgan fingerprint density at radius 2 is 2.00 bits per heavy atom. The molecule has 1 unspecified atom stereocenters. The molecule has 8 heteroatoms. The number of halogens is 3. The molecule has 0 radical (unpaired) electrons. The van der Waals surface area contributed by atoms with E-state index in [1.807, 2.05) is 22.6 Å². The van der Waals surface area contributed by atoms with Gasteiger partial charge in [0, 0.05) is 3.57 Å². The van der Waals surface area contributed by atoms with Crippen molar-refractivity contribution in [2.24, 2.45) is 5.73 Å². The molecule has 132 valence electrons. The fourth-order valence-electron chi connectivity index (χ4n) is 2.06.